The normalized spacial score (nSPS) is 21.9. The van der Waals surface area contributed by atoms with Crippen molar-refractivity contribution in [1.82, 2.24) is 5.32 Å². The minimum Gasteiger partial charge on any atom is -0.399 e. The van der Waals surface area contributed by atoms with E-state index < -0.39 is 0 Å². The summed E-state index contributed by atoms with van der Waals surface area (Å²) in [5.41, 5.74) is 9.39. The fraction of sp³-hybridized carbons (Fsp3) is 0.400. The number of nitrogens with two attached hydrogens (primary N) is 1. The molecule has 1 heterocycles. The molecule has 2 heteroatoms. The predicted octanol–water partition coefficient (Wildman–Crippen LogP) is 1.48. The van der Waals surface area contributed by atoms with Gasteiger partial charge in [-0.25, -0.2) is 0 Å². The lowest BCUT2D eigenvalue weighted by atomic mass is 9.95. The van der Waals surface area contributed by atoms with Gasteiger partial charge in [0.2, 0.25) is 0 Å². The molecule has 0 unspecified atom stereocenters. The zero-order valence-electron chi connectivity index (χ0n) is 7.30. The minimum atomic E-state index is 0.481. The molecule has 1 aliphatic rings. The molecule has 0 spiro atoms. The van der Waals surface area contributed by atoms with E-state index in [9.17, 15) is 0 Å². The van der Waals surface area contributed by atoms with E-state index >= 15 is 0 Å². The highest BCUT2D eigenvalue weighted by molar-refractivity contribution is 5.46. The molecule has 0 aliphatic carbocycles. The Morgan fingerprint density at radius 3 is 3.17 bits per heavy atom. The van der Waals surface area contributed by atoms with E-state index in [1.807, 2.05) is 6.07 Å². The molecule has 1 atom stereocenters. The molecule has 2 rings (SSSR count). The van der Waals surface area contributed by atoms with E-state index in [4.69, 9.17) is 5.73 Å². The van der Waals surface area contributed by atoms with Crippen molar-refractivity contribution in [2.45, 2.75) is 19.4 Å². The summed E-state index contributed by atoms with van der Waals surface area (Å²) >= 11 is 0. The van der Waals surface area contributed by atoms with Crippen LogP contribution in [0, 0.1) is 0 Å². The molecule has 12 heavy (non-hydrogen) atoms. The van der Waals surface area contributed by atoms with Crippen molar-refractivity contribution >= 4 is 5.69 Å². The van der Waals surface area contributed by atoms with E-state index in [1.165, 1.54) is 11.1 Å². The molecule has 0 bridgehead atoms. The van der Waals surface area contributed by atoms with E-state index in [-0.39, 0.29) is 0 Å². The molecule has 0 radical (unpaired) electrons. The van der Waals surface area contributed by atoms with Gasteiger partial charge in [0.25, 0.3) is 0 Å². The average Bonchev–Trinajstić information content (AvgIpc) is 2.04. The average molecular weight is 162 g/mol. The van der Waals surface area contributed by atoms with Crippen LogP contribution in [-0.2, 0) is 6.42 Å². The number of benzene rings is 1. The van der Waals surface area contributed by atoms with Gasteiger partial charge >= 0.3 is 0 Å². The van der Waals surface area contributed by atoms with Gasteiger partial charge in [0.15, 0.2) is 0 Å². The van der Waals surface area contributed by atoms with Crippen LogP contribution in [0.1, 0.15) is 24.1 Å². The van der Waals surface area contributed by atoms with Gasteiger partial charge < -0.3 is 11.1 Å². The second-order valence-corrected chi connectivity index (χ2v) is 3.38. The second kappa shape index (κ2) is 2.79. The van der Waals surface area contributed by atoms with Crippen LogP contribution >= 0.6 is 0 Å². The zero-order chi connectivity index (χ0) is 8.55. The third kappa shape index (κ3) is 1.18. The quantitative estimate of drug-likeness (QED) is 0.567. The summed E-state index contributed by atoms with van der Waals surface area (Å²) in [5, 5.41) is 3.42. The van der Waals surface area contributed by atoms with Crippen LogP contribution in [0.25, 0.3) is 0 Å². The highest BCUT2D eigenvalue weighted by Crippen LogP contribution is 2.23. The Kier molecular flexibility index (Phi) is 1.77. The standard InChI is InChI=1S/C10H14N2/c1-7-10-3-2-9(11)6-8(10)4-5-12-7/h2-3,6-7,12H,4-5,11H2,1H3/t7-/m0/s1. The summed E-state index contributed by atoms with van der Waals surface area (Å²) in [4.78, 5) is 0. The van der Waals surface area contributed by atoms with E-state index in [0.717, 1.165) is 18.7 Å². The van der Waals surface area contributed by atoms with Crippen LogP contribution < -0.4 is 11.1 Å². The number of hydrogen-bond donors (Lipinski definition) is 2. The summed E-state index contributed by atoms with van der Waals surface area (Å²) in [6.07, 6.45) is 1.10. The zero-order valence-corrected chi connectivity index (χ0v) is 7.30. The van der Waals surface area contributed by atoms with Crippen molar-refractivity contribution in [3.8, 4) is 0 Å². The molecule has 64 valence electrons. The monoisotopic (exact) mass is 162 g/mol. The smallest absolute Gasteiger partial charge is 0.0316 e. The molecule has 1 aliphatic heterocycles. The third-order valence-electron chi connectivity index (χ3n) is 2.48. The number of nitrogens with one attached hydrogen (secondary N) is 1. The molecule has 2 nitrogen and oxygen atoms in total. The maximum atomic E-state index is 5.71. The van der Waals surface area contributed by atoms with E-state index in [0.29, 0.717) is 6.04 Å². The number of hydrogen-bond acceptors (Lipinski definition) is 2. The summed E-state index contributed by atoms with van der Waals surface area (Å²) < 4.78 is 0. The van der Waals surface area contributed by atoms with Crippen LogP contribution in [0.15, 0.2) is 18.2 Å². The lowest BCUT2D eigenvalue weighted by Crippen LogP contribution is -2.27. The Labute approximate surface area is 72.8 Å². The van der Waals surface area contributed by atoms with E-state index in [2.05, 4.69) is 24.4 Å². The molecule has 3 N–H and O–H groups in total. The lowest BCUT2D eigenvalue weighted by Gasteiger charge is -2.23. The summed E-state index contributed by atoms with van der Waals surface area (Å²) in [5.74, 6) is 0. The molecule has 1 aromatic carbocycles. The van der Waals surface area contributed by atoms with E-state index in [1.54, 1.807) is 0 Å². The summed E-state index contributed by atoms with van der Waals surface area (Å²) in [6.45, 7) is 3.26. The Hall–Kier alpha value is -1.02. The Morgan fingerprint density at radius 2 is 2.33 bits per heavy atom. The fourth-order valence-corrected chi connectivity index (χ4v) is 1.80. The van der Waals surface area contributed by atoms with Gasteiger partial charge in [-0.15, -0.1) is 0 Å². The van der Waals surface area contributed by atoms with Crippen molar-refractivity contribution in [3.05, 3.63) is 29.3 Å². The first-order valence-electron chi connectivity index (χ1n) is 4.39. The summed E-state index contributed by atoms with van der Waals surface area (Å²) in [7, 11) is 0. The van der Waals surface area contributed by atoms with Crippen LogP contribution in [0.2, 0.25) is 0 Å². The Balaban J connectivity index is 2.46. The molecular formula is C10H14N2. The highest BCUT2D eigenvalue weighted by Gasteiger charge is 2.14. The maximum Gasteiger partial charge on any atom is 0.0316 e. The first-order valence-corrected chi connectivity index (χ1v) is 4.39. The van der Waals surface area contributed by atoms with Gasteiger partial charge in [-0.2, -0.15) is 0 Å². The van der Waals surface area contributed by atoms with Gasteiger partial charge in [-0.1, -0.05) is 6.07 Å². The Morgan fingerprint density at radius 1 is 1.50 bits per heavy atom. The molecule has 0 saturated carbocycles. The van der Waals surface area contributed by atoms with Gasteiger partial charge in [-0.3, -0.25) is 0 Å². The van der Waals surface area contributed by atoms with Gasteiger partial charge in [-0.05, 0) is 43.1 Å². The first-order chi connectivity index (χ1) is 5.77. The second-order valence-electron chi connectivity index (χ2n) is 3.38. The van der Waals surface area contributed by atoms with Crippen LogP contribution in [0.4, 0.5) is 5.69 Å². The van der Waals surface area contributed by atoms with Crippen LogP contribution in [0.3, 0.4) is 0 Å². The van der Waals surface area contributed by atoms with Gasteiger partial charge in [0.1, 0.15) is 0 Å². The van der Waals surface area contributed by atoms with Crippen molar-refractivity contribution in [2.75, 3.05) is 12.3 Å². The van der Waals surface area contributed by atoms with Crippen molar-refractivity contribution in [2.24, 2.45) is 0 Å². The molecule has 0 amide bonds. The van der Waals surface area contributed by atoms with Crippen molar-refractivity contribution < 1.29 is 0 Å². The number of fused-ring (bicyclic) bond motifs is 1. The largest absolute Gasteiger partial charge is 0.399 e. The summed E-state index contributed by atoms with van der Waals surface area (Å²) in [6, 6.07) is 6.67. The number of rotatable bonds is 0. The molecule has 0 aromatic heterocycles. The topological polar surface area (TPSA) is 38.0 Å². The third-order valence-corrected chi connectivity index (χ3v) is 2.48. The highest BCUT2D eigenvalue weighted by atomic mass is 14.9. The predicted molar refractivity (Wildman–Crippen MR) is 51.0 cm³/mol. The molecule has 0 saturated heterocycles. The molecule has 0 fully saturated rings. The Bertz CT molecular complexity index is 294. The van der Waals surface area contributed by atoms with Gasteiger partial charge in [0.05, 0.1) is 0 Å². The maximum absolute atomic E-state index is 5.71. The first kappa shape index (κ1) is 7.62. The molecular weight excluding hydrogens is 148 g/mol. The number of nitrogen functional groups attached to an aromatic ring is 1. The fourth-order valence-electron chi connectivity index (χ4n) is 1.80. The molecule has 1 aromatic rings. The SMILES string of the molecule is C[C@@H]1NCCc2cc(N)ccc21. The van der Waals surface area contributed by atoms with Crippen molar-refractivity contribution in [3.63, 3.8) is 0 Å². The van der Waals surface area contributed by atoms with Gasteiger partial charge in [0, 0.05) is 11.7 Å². The number of anilines is 1. The van der Waals surface area contributed by atoms with Crippen LogP contribution in [-0.4, -0.2) is 6.54 Å². The lowest BCUT2D eigenvalue weighted by molar-refractivity contribution is 0.541. The van der Waals surface area contributed by atoms with Crippen molar-refractivity contribution in [1.29, 1.82) is 0 Å². The minimum absolute atomic E-state index is 0.481. The van der Waals surface area contributed by atoms with Crippen LogP contribution in [0.5, 0.6) is 0 Å².